The molecule has 1 aliphatic rings. The van der Waals surface area contributed by atoms with Gasteiger partial charge >= 0.3 is 0 Å². The molecule has 0 aliphatic carbocycles. The van der Waals surface area contributed by atoms with Crippen LogP contribution in [-0.4, -0.2) is 32.6 Å². The molecule has 0 aromatic carbocycles. The van der Waals surface area contributed by atoms with Gasteiger partial charge in [0.05, 0.1) is 12.3 Å². The van der Waals surface area contributed by atoms with Crippen molar-refractivity contribution in [2.75, 3.05) is 13.2 Å². The molecule has 0 amide bonds. The lowest BCUT2D eigenvalue weighted by molar-refractivity contribution is 0.0454. The van der Waals surface area contributed by atoms with Crippen molar-refractivity contribution >= 4 is 22.7 Å². The second kappa shape index (κ2) is 6.29. The van der Waals surface area contributed by atoms with Gasteiger partial charge in [-0.2, -0.15) is 0 Å². The van der Waals surface area contributed by atoms with Crippen LogP contribution in [0.4, 0.5) is 0 Å². The summed E-state index contributed by atoms with van der Waals surface area (Å²) in [5, 5.41) is 11.9. The van der Waals surface area contributed by atoms with Gasteiger partial charge in [0.1, 0.15) is 15.3 Å². The van der Waals surface area contributed by atoms with E-state index in [0.29, 0.717) is 18.9 Å². The third-order valence-electron chi connectivity index (χ3n) is 3.31. The zero-order chi connectivity index (χ0) is 14.8. The van der Waals surface area contributed by atoms with E-state index >= 15 is 0 Å². The van der Waals surface area contributed by atoms with Crippen molar-refractivity contribution in [3.8, 4) is 0 Å². The zero-order valence-electron chi connectivity index (χ0n) is 12.1. The predicted octanol–water partition coefficient (Wildman–Crippen LogP) is 1.69. The van der Waals surface area contributed by atoms with Crippen molar-refractivity contribution < 1.29 is 14.4 Å². The van der Waals surface area contributed by atoms with Crippen LogP contribution in [0.3, 0.4) is 0 Å². The minimum absolute atomic E-state index is 0.0640. The van der Waals surface area contributed by atoms with E-state index < -0.39 is 16.9 Å². The average Bonchev–Trinajstić information content (AvgIpc) is 2.88. The van der Waals surface area contributed by atoms with E-state index in [0.717, 1.165) is 17.8 Å². The van der Waals surface area contributed by atoms with Crippen LogP contribution in [0.15, 0.2) is 5.38 Å². The lowest BCUT2D eigenvalue weighted by Crippen LogP contribution is -2.53. The molecular weight excluding hydrogens is 296 g/mol. The molecule has 7 heteroatoms. The Bertz CT molecular complexity index is 439. The molecule has 2 rings (SSSR count). The Morgan fingerprint density at radius 3 is 2.65 bits per heavy atom. The van der Waals surface area contributed by atoms with Crippen molar-refractivity contribution in [3.05, 3.63) is 16.1 Å². The highest BCUT2D eigenvalue weighted by Gasteiger charge is 2.43. The Morgan fingerprint density at radius 2 is 2.15 bits per heavy atom. The molecule has 2 heterocycles. The summed E-state index contributed by atoms with van der Waals surface area (Å²) in [6, 6.07) is 0. The largest absolute Gasteiger partial charge is 0.598 e. The zero-order valence-corrected chi connectivity index (χ0v) is 13.8. The van der Waals surface area contributed by atoms with Gasteiger partial charge in [-0.05, 0) is 33.6 Å². The van der Waals surface area contributed by atoms with Crippen molar-refractivity contribution in [3.63, 3.8) is 0 Å². The van der Waals surface area contributed by atoms with Crippen LogP contribution in [0.5, 0.6) is 0 Å². The van der Waals surface area contributed by atoms with E-state index in [1.165, 1.54) is 11.3 Å². The third-order valence-corrected chi connectivity index (χ3v) is 6.10. The molecule has 2 N–H and O–H groups in total. The summed E-state index contributed by atoms with van der Waals surface area (Å²) in [6.45, 7) is 7.04. The van der Waals surface area contributed by atoms with Crippen molar-refractivity contribution in [1.29, 1.82) is 0 Å². The molecule has 1 unspecified atom stereocenters. The van der Waals surface area contributed by atoms with Gasteiger partial charge in [-0.25, -0.2) is 4.98 Å². The van der Waals surface area contributed by atoms with Crippen LogP contribution in [-0.2, 0) is 28.2 Å². The fraction of sp³-hybridized carbons (Fsp3) is 0.769. The van der Waals surface area contributed by atoms with E-state index in [4.69, 9.17) is 4.74 Å². The van der Waals surface area contributed by atoms with Gasteiger partial charge in [-0.1, -0.05) is 0 Å². The van der Waals surface area contributed by atoms with Crippen LogP contribution in [0.2, 0.25) is 0 Å². The quantitative estimate of drug-likeness (QED) is 0.826. The van der Waals surface area contributed by atoms with Gasteiger partial charge in [0.2, 0.25) is 0 Å². The van der Waals surface area contributed by atoms with Crippen molar-refractivity contribution in [1.82, 2.24) is 9.71 Å². The normalized spacial score (nSPS) is 20.9. The highest BCUT2D eigenvalue weighted by Crippen LogP contribution is 2.36. The summed E-state index contributed by atoms with van der Waals surface area (Å²) < 4.78 is 20.9. The van der Waals surface area contributed by atoms with Gasteiger partial charge in [0, 0.05) is 30.0 Å². The molecule has 0 bridgehead atoms. The SMILES string of the molecule is CC(C)(C)[S+]([O-])NC1(c2nc(CO)cs2)CCOCC1. The van der Waals surface area contributed by atoms with Crippen LogP contribution in [0.1, 0.15) is 44.3 Å². The lowest BCUT2D eigenvalue weighted by atomic mass is 9.92. The van der Waals surface area contributed by atoms with Crippen molar-refractivity contribution in [2.24, 2.45) is 0 Å². The fourth-order valence-electron chi connectivity index (χ4n) is 2.01. The molecule has 114 valence electrons. The third kappa shape index (κ3) is 3.52. The summed E-state index contributed by atoms with van der Waals surface area (Å²) in [5.74, 6) is 0. The highest BCUT2D eigenvalue weighted by atomic mass is 32.2. The summed E-state index contributed by atoms with van der Waals surface area (Å²) in [5.41, 5.74) is 0.258. The second-order valence-corrected chi connectivity index (χ2v) is 8.80. The van der Waals surface area contributed by atoms with E-state index in [9.17, 15) is 9.66 Å². The molecule has 1 aromatic heterocycles. The van der Waals surface area contributed by atoms with Gasteiger partial charge < -0.3 is 14.4 Å². The first-order valence-corrected chi connectivity index (χ1v) is 8.73. The molecule has 1 aromatic rings. The topological polar surface area (TPSA) is 77.4 Å². The first kappa shape index (κ1) is 16.2. The number of ether oxygens (including phenoxy) is 1. The molecule has 5 nitrogen and oxygen atoms in total. The Kier molecular flexibility index (Phi) is 5.09. The lowest BCUT2D eigenvalue weighted by Gasteiger charge is -2.38. The number of nitrogens with zero attached hydrogens (tertiary/aromatic N) is 1. The monoisotopic (exact) mass is 318 g/mol. The van der Waals surface area contributed by atoms with Crippen LogP contribution < -0.4 is 4.72 Å². The Labute approximate surface area is 127 Å². The van der Waals surface area contributed by atoms with Gasteiger partial charge in [0.15, 0.2) is 0 Å². The second-order valence-electron chi connectivity index (χ2n) is 5.98. The summed E-state index contributed by atoms with van der Waals surface area (Å²) in [7, 11) is 0. The maximum absolute atomic E-state index is 12.5. The van der Waals surface area contributed by atoms with Gasteiger partial charge in [-0.15, -0.1) is 16.1 Å². The average molecular weight is 318 g/mol. The fourth-order valence-corrected chi connectivity index (χ4v) is 4.06. The molecule has 0 radical (unpaired) electrons. The molecule has 0 saturated carbocycles. The molecule has 20 heavy (non-hydrogen) atoms. The number of aliphatic hydroxyl groups excluding tert-OH is 1. The standard InChI is InChI=1S/C13H22N2O3S2/c1-12(2,3)20(17)15-13(4-6-18-7-5-13)11-14-10(8-16)9-19-11/h9,15-16H,4-8H2,1-3H3. The number of nitrogens with one attached hydrogen (secondary N) is 1. The first-order valence-electron chi connectivity index (χ1n) is 6.70. The van der Waals surface area contributed by atoms with Crippen molar-refractivity contribution in [2.45, 2.75) is 50.5 Å². The maximum Gasteiger partial charge on any atom is 0.136 e. The summed E-state index contributed by atoms with van der Waals surface area (Å²) in [6.07, 6.45) is 1.49. The Balaban J connectivity index is 2.25. The van der Waals surface area contributed by atoms with E-state index in [1.807, 2.05) is 26.2 Å². The minimum Gasteiger partial charge on any atom is -0.598 e. The first-order chi connectivity index (χ1) is 9.37. The highest BCUT2D eigenvalue weighted by molar-refractivity contribution is 7.90. The molecule has 0 spiro atoms. The summed E-state index contributed by atoms with van der Waals surface area (Å²) in [4.78, 5) is 4.48. The van der Waals surface area contributed by atoms with Crippen LogP contribution in [0, 0.1) is 0 Å². The number of rotatable bonds is 4. The van der Waals surface area contributed by atoms with Gasteiger partial charge in [-0.3, -0.25) is 0 Å². The molecule has 1 fully saturated rings. The van der Waals surface area contributed by atoms with E-state index in [1.54, 1.807) is 0 Å². The number of aromatic nitrogens is 1. The number of hydrogen-bond donors (Lipinski definition) is 2. The van der Waals surface area contributed by atoms with E-state index in [-0.39, 0.29) is 11.4 Å². The molecule has 1 aliphatic heterocycles. The molecule has 1 atom stereocenters. The Hall–Kier alpha value is -0.180. The molecular formula is C13H22N2O3S2. The number of thiazole rings is 1. The van der Waals surface area contributed by atoms with Gasteiger partial charge in [0.25, 0.3) is 0 Å². The van der Waals surface area contributed by atoms with E-state index in [2.05, 4.69) is 9.71 Å². The smallest absolute Gasteiger partial charge is 0.136 e. The minimum atomic E-state index is -1.17. The number of aliphatic hydroxyl groups is 1. The number of hydrogen-bond acceptors (Lipinski definition) is 6. The Morgan fingerprint density at radius 1 is 1.50 bits per heavy atom. The van der Waals surface area contributed by atoms with Crippen LogP contribution >= 0.6 is 11.3 Å². The predicted molar refractivity (Wildman–Crippen MR) is 80.8 cm³/mol. The maximum atomic E-state index is 12.5. The summed E-state index contributed by atoms with van der Waals surface area (Å²) >= 11 is 0.340. The van der Waals surface area contributed by atoms with Crippen LogP contribution in [0.25, 0.3) is 0 Å². The molecule has 1 saturated heterocycles.